The van der Waals surface area contributed by atoms with E-state index in [-0.39, 0.29) is 23.5 Å². The maximum Gasteiger partial charge on any atom is 0.320 e. The van der Waals surface area contributed by atoms with Crippen molar-refractivity contribution < 1.29 is 18.9 Å². The zero-order valence-electron chi connectivity index (χ0n) is 12.4. The molecule has 3 aromatic rings. The first-order valence-corrected chi connectivity index (χ1v) is 6.66. The lowest BCUT2D eigenvalue weighted by Gasteiger charge is -2.07. The van der Waals surface area contributed by atoms with Crippen LogP contribution in [0.15, 0.2) is 28.9 Å². The van der Waals surface area contributed by atoms with Crippen LogP contribution >= 0.6 is 0 Å². The molecule has 0 aliphatic heterocycles. The average molecular weight is 315 g/mol. The van der Waals surface area contributed by atoms with Crippen molar-refractivity contribution >= 4 is 16.9 Å². The van der Waals surface area contributed by atoms with Gasteiger partial charge in [-0.25, -0.2) is 4.63 Å². The molecule has 0 spiro atoms. The molecule has 0 saturated carbocycles. The minimum Gasteiger partial charge on any atom is -0.481 e. The quantitative estimate of drug-likeness (QED) is 0.741. The van der Waals surface area contributed by atoms with E-state index in [2.05, 4.69) is 30.2 Å². The molecule has 118 valence electrons. The largest absolute Gasteiger partial charge is 0.481 e. The number of ether oxygens (including phenoxy) is 2. The summed E-state index contributed by atoms with van der Waals surface area (Å²) in [7, 11) is 2.86. The second-order valence-electron chi connectivity index (χ2n) is 4.55. The van der Waals surface area contributed by atoms with E-state index in [1.165, 1.54) is 20.3 Å². The van der Waals surface area contributed by atoms with Gasteiger partial charge in [-0.2, -0.15) is 9.97 Å². The van der Waals surface area contributed by atoms with Gasteiger partial charge in [0.1, 0.15) is 16.7 Å². The van der Waals surface area contributed by atoms with Gasteiger partial charge in [0.15, 0.2) is 0 Å². The van der Waals surface area contributed by atoms with E-state index >= 15 is 0 Å². The van der Waals surface area contributed by atoms with Crippen LogP contribution in [0.5, 0.6) is 11.9 Å². The van der Waals surface area contributed by atoms with Crippen molar-refractivity contribution in [2.75, 3.05) is 14.2 Å². The summed E-state index contributed by atoms with van der Waals surface area (Å²) in [5, 5.41) is 10.2. The first-order chi connectivity index (χ1) is 11.2. The molecular weight excluding hydrogens is 302 g/mol. The third kappa shape index (κ3) is 3.18. The Kier molecular flexibility index (Phi) is 4.00. The molecule has 2 heterocycles. The summed E-state index contributed by atoms with van der Waals surface area (Å²) in [5.74, 6) is -0.125. The Morgan fingerprint density at radius 3 is 2.74 bits per heavy atom. The lowest BCUT2D eigenvalue weighted by molar-refractivity contribution is 0.0944. The van der Waals surface area contributed by atoms with E-state index in [0.717, 1.165) is 5.56 Å². The van der Waals surface area contributed by atoms with Crippen molar-refractivity contribution in [3.05, 3.63) is 35.5 Å². The number of aromatic nitrogens is 4. The number of carbonyl (C=O) groups excluding carboxylic acids is 1. The van der Waals surface area contributed by atoms with Gasteiger partial charge in [0.2, 0.25) is 5.88 Å². The summed E-state index contributed by atoms with van der Waals surface area (Å²) in [4.78, 5) is 20.1. The molecule has 3 rings (SSSR count). The van der Waals surface area contributed by atoms with E-state index in [9.17, 15) is 4.79 Å². The van der Waals surface area contributed by atoms with Crippen molar-refractivity contribution in [1.29, 1.82) is 0 Å². The highest BCUT2D eigenvalue weighted by Crippen LogP contribution is 2.14. The van der Waals surface area contributed by atoms with Gasteiger partial charge in [-0.3, -0.25) is 4.79 Å². The highest BCUT2D eigenvalue weighted by Gasteiger charge is 2.13. The third-order valence-corrected chi connectivity index (χ3v) is 3.08. The maximum absolute atomic E-state index is 12.2. The van der Waals surface area contributed by atoms with Gasteiger partial charge >= 0.3 is 6.01 Å². The van der Waals surface area contributed by atoms with Gasteiger partial charge in [0, 0.05) is 12.6 Å². The molecule has 23 heavy (non-hydrogen) atoms. The van der Waals surface area contributed by atoms with Crippen molar-refractivity contribution in [1.82, 2.24) is 25.6 Å². The Balaban J connectivity index is 1.73. The molecule has 0 atom stereocenters. The van der Waals surface area contributed by atoms with Crippen molar-refractivity contribution in [2.45, 2.75) is 6.54 Å². The fraction of sp³-hybridized carbons (Fsp3) is 0.214. The predicted molar refractivity (Wildman–Crippen MR) is 78.1 cm³/mol. The smallest absolute Gasteiger partial charge is 0.320 e. The van der Waals surface area contributed by atoms with Gasteiger partial charge in [-0.15, -0.1) is 0 Å². The minimum absolute atomic E-state index is 0.0598. The monoisotopic (exact) mass is 315 g/mol. The van der Waals surface area contributed by atoms with E-state index in [4.69, 9.17) is 9.47 Å². The van der Waals surface area contributed by atoms with Crippen LogP contribution in [0.25, 0.3) is 11.0 Å². The summed E-state index contributed by atoms with van der Waals surface area (Å²) in [6.07, 6.45) is 0. The molecule has 9 nitrogen and oxygen atoms in total. The van der Waals surface area contributed by atoms with E-state index in [1.807, 2.05) is 6.07 Å². The average Bonchev–Trinajstić information content (AvgIpc) is 3.06. The van der Waals surface area contributed by atoms with Crippen LogP contribution in [0.3, 0.4) is 0 Å². The van der Waals surface area contributed by atoms with Crippen LogP contribution < -0.4 is 14.8 Å². The van der Waals surface area contributed by atoms with E-state index < -0.39 is 0 Å². The molecule has 1 N–H and O–H groups in total. The first kappa shape index (κ1) is 14.7. The predicted octanol–water partition coefficient (Wildman–Crippen LogP) is 0.960. The zero-order chi connectivity index (χ0) is 16.2. The van der Waals surface area contributed by atoms with Gasteiger partial charge in [0.25, 0.3) is 5.91 Å². The fourth-order valence-electron chi connectivity index (χ4n) is 1.93. The number of carbonyl (C=O) groups is 1. The summed E-state index contributed by atoms with van der Waals surface area (Å²) in [5.41, 5.74) is 2.29. The second-order valence-corrected chi connectivity index (χ2v) is 4.55. The van der Waals surface area contributed by atoms with Crippen LogP contribution in [0.1, 0.15) is 16.1 Å². The number of hydrogen-bond acceptors (Lipinski definition) is 8. The number of rotatable bonds is 5. The minimum atomic E-state index is -0.373. The fourth-order valence-corrected chi connectivity index (χ4v) is 1.93. The summed E-state index contributed by atoms with van der Waals surface area (Å²) in [6.45, 7) is 0.302. The second kappa shape index (κ2) is 6.26. The SMILES string of the molecule is COc1cc(C(=O)NCc2ccc3nonc3c2)nc(OC)n1. The Morgan fingerprint density at radius 1 is 1.13 bits per heavy atom. The third-order valence-electron chi connectivity index (χ3n) is 3.08. The molecule has 0 aliphatic rings. The molecule has 1 aromatic carbocycles. The number of benzene rings is 1. The standard InChI is InChI=1S/C14H13N5O4/c1-21-12-6-11(16-14(17-12)22-2)13(20)15-7-8-3-4-9-10(5-8)19-23-18-9/h3-6H,7H2,1-2H3,(H,15,20). The van der Waals surface area contributed by atoms with Gasteiger partial charge in [-0.1, -0.05) is 6.07 Å². The van der Waals surface area contributed by atoms with E-state index in [1.54, 1.807) is 12.1 Å². The van der Waals surface area contributed by atoms with Crippen LogP contribution in [-0.2, 0) is 6.54 Å². The van der Waals surface area contributed by atoms with Crippen LogP contribution in [0.2, 0.25) is 0 Å². The highest BCUT2D eigenvalue weighted by atomic mass is 16.6. The number of nitrogens with zero attached hydrogens (tertiary/aromatic N) is 4. The normalized spacial score (nSPS) is 10.5. The number of fused-ring (bicyclic) bond motifs is 1. The van der Waals surface area contributed by atoms with Crippen molar-refractivity contribution in [3.8, 4) is 11.9 Å². The Bertz CT molecular complexity index is 826. The molecule has 0 bridgehead atoms. The molecular formula is C14H13N5O4. The molecule has 2 aromatic heterocycles. The summed E-state index contributed by atoms with van der Waals surface area (Å²) in [6, 6.07) is 6.87. The number of hydrogen-bond donors (Lipinski definition) is 1. The van der Waals surface area contributed by atoms with Crippen LogP contribution in [-0.4, -0.2) is 40.4 Å². The van der Waals surface area contributed by atoms with Crippen molar-refractivity contribution in [2.24, 2.45) is 0 Å². The molecule has 0 unspecified atom stereocenters. The lowest BCUT2D eigenvalue weighted by Crippen LogP contribution is -2.24. The number of nitrogens with one attached hydrogen (secondary N) is 1. The van der Waals surface area contributed by atoms with Gasteiger partial charge in [0.05, 0.1) is 14.2 Å². The molecule has 0 aliphatic carbocycles. The van der Waals surface area contributed by atoms with E-state index in [0.29, 0.717) is 17.6 Å². The number of methoxy groups -OCH3 is 2. The Labute approximate surface area is 130 Å². The van der Waals surface area contributed by atoms with Crippen molar-refractivity contribution in [3.63, 3.8) is 0 Å². The molecule has 1 amide bonds. The van der Waals surface area contributed by atoms with Gasteiger partial charge < -0.3 is 14.8 Å². The Hall–Kier alpha value is -3.23. The molecule has 0 fully saturated rings. The van der Waals surface area contributed by atoms with Gasteiger partial charge in [-0.05, 0) is 28.0 Å². The van der Waals surface area contributed by atoms with Crippen LogP contribution in [0, 0.1) is 0 Å². The lowest BCUT2D eigenvalue weighted by atomic mass is 10.2. The highest BCUT2D eigenvalue weighted by molar-refractivity contribution is 5.92. The summed E-state index contributed by atoms with van der Waals surface area (Å²) < 4.78 is 14.6. The Morgan fingerprint density at radius 2 is 1.96 bits per heavy atom. The molecule has 0 saturated heterocycles. The van der Waals surface area contributed by atoms with Crippen LogP contribution in [0.4, 0.5) is 0 Å². The zero-order valence-corrected chi connectivity index (χ0v) is 12.4. The molecule has 0 radical (unpaired) electrons. The first-order valence-electron chi connectivity index (χ1n) is 6.66. The number of amides is 1. The maximum atomic E-state index is 12.2. The topological polar surface area (TPSA) is 112 Å². The summed E-state index contributed by atoms with van der Waals surface area (Å²) >= 11 is 0. The molecule has 9 heteroatoms.